The maximum Gasteiger partial charge on any atom is 0.254 e. The predicted octanol–water partition coefficient (Wildman–Crippen LogP) is 4.57. The monoisotopic (exact) mass is 424 g/mol. The molecule has 6 nitrogen and oxygen atoms in total. The maximum atomic E-state index is 13.3. The number of piperidine rings is 1. The molecule has 1 atom stereocenters. The van der Waals surface area contributed by atoms with Crippen molar-refractivity contribution in [3.63, 3.8) is 0 Å². The third kappa shape index (κ3) is 5.73. The van der Waals surface area contributed by atoms with E-state index in [9.17, 15) is 4.79 Å². The molecule has 3 heterocycles. The van der Waals surface area contributed by atoms with Gasteiger partial charge in [-0.25, -0.2) is 0 Å². The molecule has 0 spiro atoms. The summed E-state index contributed by atoms with van der Waals surface area (Å²) in [5.41, 5.74) is 0.820. The smallest absolute Gasteiger partial charge is 0.254 e. The lowest BCUT2D eigenvalue weighted by Gasteiger charge is -2.40. The van der Waals surface area contributed by atoms with Gasteiger partial charge in [0.15, 0.2) is 5.82 Å². The lowest BCUT2D eigenvalue weighted by molar-refractivity contribution is 0.0506. The van der Waals surface area contributed by atoms with Crippen LogP contribution < -0.4 is 0 Å². The van der Waals surface area contributed by atoms with Gasteiger partial charge in [-0.3, -0.25) is 9.69 Å². The van der Waals surface area contributed by atoms with E-state index in [1.54, 1.807) is 0 Å². The second-order valence-corrected chi connectivity index (χ2v) is 9.60. The van der Waals surface area contributed by atoms with E-state index in [-0.39, 0.29) is 5.91 Å². The second-order valence-electron chi connectivity index (χ2n) is 9.60. The summed E-state index contributed by atoms with van der Waals surface area (Å²) in [6, 6.07) is 10.2. The first kappa shape index (κ1) is 22.0. The van der Waals surface area contributed by atoms with Crippen molar-refractivity contribution < 1.29 is 9.32 Å². The van der Waals surface area contributed by atoms with Crippen LogP contribution in [0.5, 0.6) is 0 Å². The van der Waals surface area contributed by atoms with Gasteiger partial charge >= 0.3 is 0 Å². The molecular weight excluding hydrogens is 388 g/mol. The van der Waals surface area contributed by atoms with Crippen molar-refractivity contribution in [1.82, 2.24) is 19.9 Å². The number of carbonyl (C=O) groups is 1. The number of amides is 1. The highest BCUT2D eigenvalue weighted by atomic mass is 16.5. The van der Waals surface area contributed by atoms with Crippen LogP contribution in [0.3, 0.4) is 0 Å². The Balaban J connectivity index is 1.35. The number of likely N-dealkylation sites (tertiary alicyclic amines) is 2. The van der Waals surface area contributed by atoms with Crippen molar-refractivity contribution in [3.8, 4) is 0 Å². The third-order valence-corrected chi connectivity index (χ3v) is 6.72. The molecule has 0 bridgehead atoms. The minimum atomic E-state index is 0.207. The summed E-state index contributed by atoms with van der Waals surface area (Å²) in [6.45, 7) is 8.00. The average Bonchev–Trinajstić information content (AvgIpc) is 3.06. The normalized spacial score (nSPS) is 21.4. The zero-order chi connectivity index (χ0) is 21.6. The van der Waals surface area contributed by atoms with Crippen molar-refractivity contribution in [2.45, 2.75) is 71.4 Å². The Labute approximate surface area is 186 Å². The molecule has 2 aliphatic rings. The van der Waals surface area contributed by atoms with Gasteiger partial charge in [-0.1, -0.05) is 50.0 Å². The summed E-state index contributed by atoms with van der Waals surface area (Å²) in [7, 11) is 0. The van der Waals surface area contributed by atoms with Gasteiger partial charge in [-0.05, 0) is 62.7 Å². The van der Waals surface area contributed by atoms with Crippen molar-refractivity contribution in [2.24, 2.45) is 11.8 Å². The minimum absolute atomic E-state index is 0.207. The molecule has 2 aromatic rings. The van der Waals surface area contributed by atoms with Crippen LogP contribution in [0.4, 0.5) is 0 Å². The van der Waals surface area contributed by atoms with Gasteiger partial charge in [-0.15, -0.1) is 0 Å². The van der Waals surface area contributed by atoms with Crippen molar-refractivity contribution in [3.05, 3.63) is 47.6 Å². The summed E-state index contributed by atoms with van der Waals surface area (Å²) in [5, 5.41) is 4.12. The molecule has 0 saturated carbocycles. The zero-order valence-electron chi connectivity index (χ0n) is 19.0. The number of rotatable bonds is 6. The Morgan fingerprint density at radius 1 is 1.06 bits per heavy atom. The zero-order valence-corrected chi connectivity index (χ0v) is 19.0. The molecular formula is C25H36N4O2. The number of carbonyl (C=O) groups excluding carboxylic acids is 1. The lowest BCUT2D eigenvalue weighted by Crippen LogP contribution is -2.47. The van der Waals surface area contributed by atoms with Crippen LogP contribution in [0, 0.1) is 11.8 Å². The third-order valence-electron chi connectivity index (χ3n) is 6.72. The SMILES string of the molecule is CC(C)Cc1noc(CN2CCC(C3CCCCCN3C(=O)c3ccccc3)CC2)n1. The van der Waals surface area contributed by atoms with E-state index in [2.05, 4.69) is 33.8 Å². The summed E-state index contributed by atoms with van der Waals surface area (Å²) in [5.74, 6) is 2.85. The molecule has 2 fully saturated rings. The van der Waals surface area contributed by atoms with E-state index in [0.717, 1.165) is 75.6 Å². The highest BCUT2D eigenvalue weighted by molar-refractivity contribution is 5.94. The molecule has 0 N–H and O–H groups in total. The molecule has 0 radical (unpaired) electrons. The first-order valence-corrected chi connectivity index (χ1v) is 12.0. The van der Waals surface area contributed by atoms with Gasteiger partial charge in [0.05, 0.1) is 6.54 Å². The fourth-order valence-corrected chi connectivity index (χ4v) is 5.11. The molecule has 2 aliphatic heterocycles. The second kappa shape index (κ2) is 10.4. The quantitative estimate of drug-likeness (QED) is 0.680. The Kier molecular flexibility index (Phi) is 7.38. The molecule has 0 aliphatic carbocycles. The summed E-state index contributed by atoms with van der Waals surface area (Å²) >= 11 is 0. The summed E-state index contributed by atoms with van der Waals surface area (Å²) in [4.78, 5) is 22.5. The Hall–Kier alpha value is -2.21. The maximum absolute atomic E-state index is 13.3. The molecule has 1 amide bonds. The van der Waals surface area contributed by atoms with Crippen molar-refractivity contribution in [2.75, 3.05) is 19.6 Å². The van der Waals surface area contributed by atoms with Gasteiger partial charge in [0, 0.05) is 24.6 Å². The van der Waals surface area contributed by atoms with E-state index in [1.165, 1.54) is 12.8 Å². The molecule has 1 aromatic heterocycles. The Morgan fingerprint density at radius 2 is 1.84 bits per heavy atom. The van der Waals surface area contributed by atoms with Gasteiger partial charge in [0.1, 0.15) is 0 Å². The standard InChI is InChI=1S/C25H36N4O2/c1-19(2)17-23-26-24(31-27-23)18-28-15-12-20(13-16-28)22-11-7-4-8-14-29(22)25(30)21-9-5-3-6-10-21/h3,5-6,9-10,19-20,22H,4,7-8,11-18H2,1-2H3. The van der Waals surface area contributed by atoms with Gasteiger partial charge in [0.2, 0.25) is 5.89 Å². The topological polar surface area (TPSA) is 62.5 Å². The molecule has 1 aromatic carbocycles. The fraction of sp³-hybridized carbons (Fsp3) is 0.640. The predicted molar refractivity (Wildman–Crippen MR) is 121 cm³/mol. The molecule has 4 rings (SSSR count). The van der Waals surface area contributed by atoms with E-state index < -0.39 is 0 Å². The lowest BCUT2D eigenvalue weighted by atomic mass is 9.86. The van der Waals surface area contributed by atoms with Gasteiger partial charge in [0.25, 0.3) is 5.91 Å². The number of aromatic nitrogens is 2. The summed E-state index contributed by atoms with van der Waals surface area (Å²) in [6.07, 6.45) is 7.80. The minimum Gasteiger partial charge on any atom is -0.338 e. The van der Waals surface area contributed by atoms with E-state index in [1.807, 2.05) is 30.3 Å². The van der Waals surface area contributed by atoms with Crippen LogP contribution in [0.1, 0.15) is 74.4 Å². The van der Waals surface area contributed by atoms with Crippen LogP contribution in [0.2, 0.25) is 0 Å². The summed E-state index contributed by atoms with van der Waals surface area (Å²) < 4.78 is 5.47. The van der Waals surface area contributed by atoms with E-state index in [0.29, 0.717) is 17.9 Å². The van der Waals surface area contributed by atoms with E-state index >= 15 is 0 Å². The molecule has 31 heavy (non-hydrogen) atoms. The number of hydrogen-bond acceptors (Lipinski definition) is 5. The molecule has 2 saturated heterocycles. The highest BCUT2D eigenvalue weighted by Crippen LogP contribution is 2.31. The Morgan fingerprint density at radius 3 is 2.58 bits per heavy atom. The largest absolute Gasteiger partial charge is 0.338 e. The van der Waals surface area contributed by atoms with Gasteiger partial charge < -0.3 is 9.42 Å². The highest BCUT2D eigenvalue weighted by Gasteiger charge is 2.34. The Bertz CT molecular complexity index is 827. The van der Waals surface area contributed by atoms with Crippen molar-refractivity contribution >= 4 is 5.91 Å². The van der Waals surface area contributed by atoms with Crippen LogP contribution in [-0.4, -0.2) is 51.5 Å². The first-order chi connectivity index (χ1) is 15.1. The number of benzene rings is 1. The van der Waals surface area contributed by atoms with Crippen molar-refractivity contribution in [1.29, 1.82) is 0 Å². The molecule has 1 unspecified atom stereocenters. The average molecular weight is 425 g/mol. The first-order valence-electron chi connectivity index (χ1n) is 12.0. The number of hydrogen-bond donors (Lipinski definition) is 0. The van der Waals surface area contributed by atoms with E-state index in [4.69, 9.17) is 4.52 Å². The molecule has 168 valence electrons. The van der Waals surface area contributed by atoms with Crippen LogP contribution in [0.25, 0.3) is 0 Å². The van der Waals surface area contributed by atoms with Gasteiger partial charge in [-0.2, -0.15) is 4.98 Å². The molecule has 6 heteroatoms. The fourth-order valence-electron chi connectivity index (χ4n) is 5.11. The van der Waals surface area contributed by atoms with Crippen LogP contribution in [-0.2, 0) is 13.0 Å². The van der Waals surface area contributed by atoms with Crippen LogP contribution >= 0.6 is 0 Å². The van der Waals surface area contributed by atoms with Crippen LogP contribution in [0.15, 0.2) is 34.9 Å². The number of nitrogens with zero attached hydrogens (tertiary/aromatic N) is 4.